The Hall–Kier alpha value is -4.77. The molecule has 0 aliphatic heterocycles. The van der Waals surface area contributed by atoms with E-state index in [1.54, 1.807) is 0 Å². The van der Waals surface area contributed by atoms with E-state index in [-0.39, 0.29) is 0 Å². The Labute approximate surface area is 270 Å². The van der Waals surface area contributed by atoms with Gasteiger partial charge in [0.25, 0.3) is 0 Å². The Balaban J connectivity index is 1.60. The Kier molecular flexibility index (Phi) is 8.17. The third kappa shape index (κ3) is 5.01. The van der Waals surface area contributed by atoms with Crippen LogP contribution in [-0.4, -0.2) is 16.1 Å². The van der Waals surface area contributed by atoms with Crippen LogP contribution in [0.15, 0.2) is 200 Å². The molecule has 0 spiro atoms. The second-order valence-corrected chi connectivity index (χ2v) is 19.9. The van der Waals surface area contributed by atoms with Gasteiger partial charge in [-0.05, 0) is 47.8 Å². The summed E-state index contributed by atoms with van der Waals surface area (Å²) in [7, 11) is -5.30. The van der Waals surface area contributed by atoms with Crippen LogP contribution in [0.1, 0.15) is 6.92 Å². The summed E-state index contributed by atoms with van der Waals surface area (Å²) in [6, 6.07) is 66.4. The second-order valence-electron chi connectivity index (χ2n) is 12.1. The van der Waals surface area contributed by atoms with Crippen LogP contribution >= 0.6 is 0 Å². The van der Waals surface area contributed by atoms with Gasteiger partial charge in [-0.1, -0.05) is 207 Å². The molecule has 0 bridgehead atoms. The zero-order valence-electron chi connectivity index (χ0n) is 25.7. The molecule has 0 saturated heterocycles. The Bertz CT molecular complexity index is 1760. The van der Waals surface area contributed by atoms with Crippen LogP contribution < -0.4 is 36.3 Å². The van der Waals surface area contributed by atoms with Gasteiger partial charge < -0.3 is 0 Å². The van der Waals surface area contributed by atoms with Crippen molar-refractivity contribution in [2.24, 2.45) is 5.92 Å². The number of benzene rings is 6. The van der Waals surface area contributed by atoms with E-state index in [1.165, 1.54) is 36.3 Å². The third-order valence-corrected chi connectivity index (χ3v) is 19.9. The average Bonchev–Trinajstić information content (AvgIpc) is 3.12. The molecule has 1 aliphatic carbocycles. The average molecular weight is 611 g/mol. The summed E-state index contributed by atoms with van der Waals surface area (Å²) in [4.78, 5) is 0. The normalized spacial score (nSPS) is 16.4. The summed E-state index contributed by atoms with van der Waals surface area (Å²) in [5.74, 6) is 0.408. The molecule has 7 rings (SSSR count). The smallest absolute Gasteiger partial charge is 0.0825 e. The summed E-state index contributed by atoms with van der Waals surface area (Å²) >= 11 is 0. The number of rotatable bonds is 8. The Morgan fingerprint density at radius 3 is 1.13 bits per heavy atom. The van der Waals surface area contributed by atoms with E-state index < -0.39 is 16.1 Å². The molecule has 0 radical (unpaired) electrons. The lowest BCUT2D eigenvalue weighted by Crippen LogP contribution is -2.76. The van der Waals surface area contributed by atoms with Crippen LogP contribution in [0.4, 0.5) is 0 Å². The molecule has 2 heteroatoms. The van der Waals surface area contributed by atoms with Gasteiger partial charge in [0, 0.05) is 0 Å². The molecule has 0 saturated carbocycles. The van der Waals surface area contributed by atoms with Gasteiger partial charge >= 0.3 is 0 Å². The first-order chi connectivity index (χ1) is 22.3. The van der Waals surface area contributed by atoms with Crippen molar-refractivity contribution in [3.8, 4) is 0 Å². The van der Waals surface area contributed by atoms with E-state index in [1.807, 2.05) is 0 Å². The quantitative estimate of drug-likeness (QED) is 0.154. The highest BCUT2D eigenvalue weighted by molar-refractivity contribution is 7.20. The van der Waals surface area contributed by atoms with Crippen molar-refractivity contribution in [2.45, 2.75) is 12.5 Å². The molecule has 45 heavy (non-hydrogen) atoms. The van der Waals surface area contributed by atoms with Crippen LogP contribution in [0, 0.1) is 5.92 Å². The van der Waals surface area contributed by atoms with E-state index in [0.717, 1.165) is 0 Å². The molecular weight excluding hydrogens is 573 g/mol. The van der Waals surface area contributed by atoms with Crippen molar-refractivity contribution in [3.63, 3.8) is 0 Å². The molecule has 0 fully saturated rings. The topological polar surface area (TPSA) is 0 Å². The molecule has 2 unspecified atom stereocenters. The molecule has 0 heterocycles. The molecule has 6 aromatic carbocycles. The standard InChI is InChI=1S/C43H38Si2/c1-35-20-17-18-33-43(35)45(39-27-13-5-14-28-39,40-29-15-6-16-30-40)42-32-19-31-41(34-42)44(36-21-7-2-8-22-36,37-23-9-3-10-24-37)38-25-11-4-12-26-38/h2-35,43H,1H3. The van der Waals surface area contributed by atoms with Gasteiger partial charge in [0.2, 0.25) is 0 Å². The lowest BCUT2D eigenvalue weighted by atomic mass is 10.0. The van der Waals surface area contributed by atoms with Crippen LogP contribution in [-0.2, 0) is 0 Å². The molecule has 6 aromatic rings. The predicted octanol–water partition coefficient (Wildman–Crippen LogP) is 5.67. The maximum Gasteiger partial charge on any atom is 0.179 e. The summed E-state index contributed by atoms with van der Waals surface area (Å²) in [6.45, 7) is 2.40. The molecule has 2 atom stereocenters. The number of hydrogen-bond donors (Lipinski definition) is 0. The minimum absolute atomic E-state index is 0.365. The lowest BCUT2D eigenvalue weighted by Gasteiger charge is -2.43. The third-order valence-electron chi connectivity index (χ3n) is 9.74. The van der Waals surface area contributed by atoms with Crippen LogP contribution in [0.2, 0.25) is 5.54 Å². The largest absolute Gasteiger partial charge is 0.179 e. The van der Waals surface area contributed by atoms with E-state index in [9.17, 15) is 0 Å². The predicted molar refractivity (Wildman–Crippen MR) is 199 cm³/mol. The maximum atomic E-state index is 2.63. The van der Waals surface area contributed by atoms with Crippen molar-refractivity contribution >= 4 is 52.5 Å². The molecule has 1 aliphatic rings. The minimum Gasteiger partial charge on any atom is -0.0825 e. The highest BCUT2D eigenvalue weighted by Crippen LogP contribution is 2.34. The van der Waals surface area contributed by atoms with Crippen LogP contribution in [0.3, 0.4) is 0 Å². The summed E-state index contributed by atoms with van der Waals surface area (Å²) in [5.41, 5.74) is 0.365. The Morgan fingerprint density at radius 1 is 0.356 bits per heavy atom. The fourth-order valence-electron chi connectivity index (χ4n) is 7.80. The van der Waals surface area contributed by atoms with E-state index in [0.29, 0.717) is 11.5 Å². The summed E-state index contributed by atoms with van der Waals surface area (Å²) in [5, 5.41) is 10.0. The fourth-order valence-corrected chi connectivity index (χ4v) is 18.4. The molecular formula is C43H38Si2. The van der Waals surface area contributed by atoms with Gasteiger partial charge in [0.15, 0.2) is 16.1 Å². The molecule has 0 amide bonds. The molecule has 218 valence electrons. The van der Waals surface area contributed by atoms with Gasteiger partial charge in [-0.2, -0.15) is 0 Å². The fraction of sp³-hybridized carbons (Fsp3) is 0.0698. The maximum absolute atomic E-state index is 2.69. The SMILES string of the molecule is CC1C=CC=CC1[Si](c1ccccc1)(c1ccccc1)c1cccc([Si](c2ccccc2)(c2ccccc2)c2ccccc2)c1. The lowest BCUT2D eigenvalue weighted by molar-refractivity contribution is 0.720. The number of allylic oxidation sites excluding steroid dienone is 4. The van der Waals surface area contributed by atoms with Crippen molar-refractivity contribution in [3.05, 3.63) is 200 Å². The summed E-state index contributed by atoms with van der Waals surface area (Å²) < 4.78 is 0. The highest BCUT2D eigenvalue weighted by atomic mass is 28.3. The van der Waals surface area contributed by atoms with E-state index in [4.69, 9.17) is 0 Å². The Morgan fingerprint density at radius 2 is 0.711 bits per heavy atom. The van der Waals surface area contributed by atoms with Crippen molar-refractivity contribution in [1.82, 2.24) is 0 Å². The first kappa shape index (κ1) is 29.0. The van der Waals surface area contributed by atoms with Crippen molar-refractivity contribution in [1.29, 1.82) is 0 Å². The number of hydrogen-bond acceptors (Lipinski definition) is 0. The monoisotopic (exact) mass is 610 g/mol. The zero-order chi connectivity index (χ0) is 30.5. The molecule has 0 aromatic heterocycles. The summed E-state index contributed by atoms with van der Waals surface area (Å²) in [6.07, 6.45) is 9.41. The van der Waals surface area contributed by atoms with E-state index in [2.05, 4.69) is 207 Å². The first-order valence-corrected chi connectivity index (χ1v) is 20.1. The van der Waals surface area contributed by atoms with Gasteiger partial charge in [-0.3, -0.25) is 0 Å². The highest BCUT2D eigenvalue weighted by Gasteiger charge is 2.49. The van der Waals surface area contributed by atoms with Gasteiger partial charge in [0.1, 0.15) is 0 Å². The first-order valence-electron chi connectivity index (χ1n) is 16.0. The zero-order valence-corrected chi connectivity index (χ0v) is 27.7. The van der Waals surface area contributed by atoms with Crippen molar-refractivity contribution in [2.75, 3.05) is 0 Å². The van der Waals surface area contributed by atoms with Gasteiger partial charge in [-0.25, -0.2) is 0 Å². The van der Waals surface area contributed by atoms with Crippen molar-refractivity contribution < 1.29 is 0 Å². The van der Waals surface area contributed by atoms with E-state index >= 15 is 0 Å². The molecule has 0 N–H and O–H groups in total. The molecule has 0 nitrogen and oxygen atoms in total. The van der Waals surface area contributed by atoms with Crippen LogP contribution in [0.25, 0.3) is 0 Å². The van der Waals surface area contributed by atoms with Gasteiger partial charge in [0.05, 0.1) is 0 Å². The van der Waals surface area contributed by atoms with Gasteiger partial charge in [-0.15, -0.1) is 0 Å². The minimum atomic E-state index is -2.69. The van der Waals surface area contributed by atoms with Crippen LogP contribution in [0.5, 0.6) is 0 Å². The second kappa shape index (κ2) is 12.7.